The first-order chi connectivity index (χ1) is 11.0. The molecule has 2 N–H and O–H groups in total. The van der Waals surface area contributed by atoms with E-state index in [1.807, 2.05) is 18.2 Å². The largest absolute Gasteiger partial charge is 0.329 e. The van der Waals surface area contributed by atoms with Crippen molar-refractivity contribution in [2.45, 2.75) is 0 Å². The third-order valence-electron chi connectivity index (χ3n) is 2.61. The van der Waals surface area contributed by atoms with Gasteiger partial charge in [-0.25, -0.2) is 5.43 Å². The molecule has 0 aliphatic carbocycles. The average molecular weight is 415 g/mol. The van der Waals surface area contributed by atoms with Crippen molar-refractivity contribution >= 4 is 62.8 Å². The van der Waals surface area contributed by atoms with E-state index in [2.05, 4.69) is 31.8 Å². The molecule has 2 rings (SSSR count). The fourth-order valence-electron chi connectivity index (χ4n) is 1.58. The second-order valence-corrected chi connectivity index (χ2v) is 6.09. The molecule has 0 aliphatic rings. The molecule has 0 saturated carbocycles. The number of amides is 2. The van der Waals surface area contributed by atoms with Crippen LogP contribution in [-0.4, -0.2) is 18.0 Å². The van der Waals surface area contributed by atoms with Gasteiger partial charge in [0.1, 0.15) is 0 Å². The number of nitrogens with zero attached hydrogens (tertiary/aromatic N) is 1. The number of carbonyl (C=O) groups is 2. The maximum absolute atomic E-state index is 11.8. The van der Waals surface area contributed by atoms with Crippen LogP contribution in [0.25, 0.3) is 0 Å². The summed E-state index contributed by atoms with van der Waals surface area (Å²) in [6.45, 7) is 0. The highest BCUT2D eigenvalue weighted by atomic mass is 79.9. The third-order valence-corrected chi connectivity index (χ3v) is 3.67. The minimum absolute atomic E-state index is 0.246. The minimum atomic E-state index is -0.924. The van der Waals surface area contributed by atoms with Crippen molar-refractivity contribution in [3.63, 3.8) is 0 Å². The zero-order valence-corrected chi connectivity index (χ0v) is 14.6. The smallest absolute Gasteiger partial charge is 0.316 e. The Morgan fingerprint density at radius 2 is 1.87 bits per heavy atom. The molecule has 0 heterocycles. The van der Waals surface area contributed by atoms with Crippen molar-refractivity contribution < 1.29 is 9.59 Å². The van der Waals surface area contributed by atoms with Crippen LogP contribution in [0, 0.1) is 0 Å². The molecule has 2 aromatic rings. The van der Waals surface area contributed by atoms with Gasteiger partial charge in [0, 0.05) is 9.50 Å². The molecular weight excluding hydrogens is 405 g/mol. The molecule has 0 aromatic heterocycles. The predicted octanol–water partition coefficient (Wildman–Crippen LogP) is 3.84. The van der Waals surface area contributed by atoms with Crippen LogP contribution in [0.3, 0.4) is 0 Å². The summed E-state index contributed by atoms with van der Waals surface area (Å²) in [4.78, 5) is 23.4. The van der Waals surface area contributed by atoms with E-state index in [9.17, 15) is 9.59 Å². The first-order valence-corrected chi connectivity index (χ1v) is 7.85. The van der Waals surface area contributed by atoms with E-state index in [-0.39, 0.29) is 10.7 Å². The molecule has 8 heteroatoms. The molecule has 2 amide bonds. The lowest BCUT2D eigenvalue weighted by molar-refractivity contribution is -0.136. The highest BCUT2D eigenvalue weighted by Crippen LogP contribution is 2.25. The van der Waals surface area contributed by atoms with E-state index in [1.54, 1.807) is 12.1 Å². The van der Waals surface area contributed by atoms with Crippen LogP contribution >= 0.6 is 39.1 Å². The van der Waals surface area contributed by atoms with Gasteiger partial charge in [-0.05, 0) is 35.9 Å². The van der Waals surface area contributed by atoms with Crippen LogP contribution in [0.5, 0.6) is 0 Å². The van der Waals surface area contributed by atoms with E-state index < -0.39 is 11.8 Å². The van der Waals surface area contributed by atoms with Gasteiger partial charge in [0.05, 0.1) is 16.9 Å². The van der Waals surface area contributed by atoms with Gasteiger partial charge in [-0.2, -0.15) is 5.10 Å². The van der Waals surface area contributed by atoms with E-state index in [1.165, 1.54) is 18.3 Å². The molecule has 5 nitrogen and oxygen atoms in total. The maximum Gasteiger partial charge on any atom is 0.329 e. The van der Waals surface area contributed by atoms with Gasteiger partial charge in [-0.3, -0.25) is 9.59 Å². The molecule has 0 radical (unpaired) electrons. The Bertz CT molecular complexity index is 781. The lowest BCUT2D eigenvalue weighted by Crippen LogP contribution is -2.32. The molecule has 2 aromatic carbocycles. The summed E-state index contributed by atoms with van der Waals surface area (Å²) in [5, 5.41) is 6.74. The van der Waals surface area contributed by atoms with Crippen LogP contribution in [0.4, 0.5) is 5.69 Å². The fraction of sp³-hybridized carbons (Fsp3) is 0. The van der Waals surface area contributed by atoms with Crippen LogP contribution in [-0.2, 0) is 9.59 Å². The van der Waals surface area contributed by atoms with Crippen molar-refractivity contribution in [1.82, 2.24) is 5.43 Å². The number of halogens is 3. The Balaban J connectivity index is 1.95. The highest BCUT2D eigenvalue weighted by molar-refractivity contribution is 9.10. The van der Waals surface area contributed by atoms with Crippen LogP contribution in [0.15, 0.2) is 52.0 Å². The number of rotatable bonds is 3. The number of hydrogen-bond donors (Lipinski definition) is 2. The van der Waals surface area contributed by atoms with Crippen molar-refractivity contribution in [2.75, 3.05) is 5.32 Å². The third kappa shape index (κ3) is 5.35. The Labute approximate surface area is 150 Å². The summed E-state index contributed by atoms with van der Waals surface area (Å²) in [6, 6.07) is 11.8. The van der Waals surface area contributed by atoms with Gasteiger partial charge in [-0.1, -0.05) is 51.3 Å². The van der Waals surface area contributed by atoms with Gasteiger partial charge in [0.25, 0.3) is 0 Å². The summed E-state index contributed by atoms with van der Waals surface area (Å²) >= 11 is 15.0. The Hall–Kier alpha value is -1.89. The van der Waals surface area contributed by atoms with E-state index in [0.717, 1.165) is 10.0 Å². The number of carbonyl (C=O) groups excluding carboxylic acids is 2. The molecule has 118 valence electrons. The second-order valence-electron chi connectivity index (χ2n) is 4.33. The van der Waals surface area contributed by atoms with Crippen molar-refractivity contribution in [3.05, 3.63) is 62.5 Å². The van der Waals surface area contributed by atoms with Crippen molar-refractivity contribution in [1.29, 1.82) is 0 Å². The number of benzene rings is 2. The summed E-state index contributed by atoms with van der Waals surface area (Å²) in [5.74, 6) is -1.83. The summed E-state index contributed by atoms with van der Waals surface area (Å²) in [5.41, 5.74) is 3.14. The molecule has 0 unspecified atom stereocenters. The first-order valence-electron chi connectivity index (χ1n) is 6.31. The monoisotopic (exact) mass is 413 g/mol. The van der Waals surface area contributed by atoms with Crippen molar-refractivity contribution in [2.24, 2.45) is 5.10 Å². The minimum Gasteiger partial charge on any atom is -0.316 e. The lowest BCUT2D eigenvalue weighted by Gasteiger charge is -2.06. The number of hydrogen-bond acceptors (Lipinski definition) is 3. The zero-order chi connectivity index (χ0) is 16.8. The number of nitrogens with one attached hydrogen (secondary N) is 2. The van der Waals surface area contributed by atoms with Gasteiger partial charge in [-0.15, -0.1) is 0 Å². The molecule has 0 spiro atoms. The van der Waals surface area contributed by atoms with E-state index in [0.29, 0.717) is 5.02 Å². The number of anilines is 1. The molecule has 0 fully saturated rings. The van der Waals surface area contributed by atoms with Gasteiger partial charge in [0.2, 0.25) is 0 Å². The van der Waals surface area contributed by atoms with Crippen LogP contribution in [0.2, 0.25) is 10.0 Å². The molecular formula is C15H10BrCl2N3O2. The first kappa shape index (κ1) is 17.5. The fourth-order valence-corrected chi connectivity index (χ4v) is 2.33. The maximum atomic E-state index is 11.8. The SMILES string of the molecule is O=C(N/N=C/c1cccc(Br)c1)C(=O)Nc1cc(Cl)ccc1Cl. The Morgan fingerprint density at radius 1 is 1.09 bits per heavy atom. The predicted molar refractivity (Wildman–Crippen MR) is 95.0 cm³/mol. The van der Waals surface area contributed by atoms with Crippen molar-refractivity contribution in [3.8, 4) is 0 Å². The molecule has 23 heavy (non-hydrogen) atoms. The lowest BCUT2D eigenvalue weighted by atomic mass is 10.2. The quantitative estimate of drug-likeness (QED) is 0.455. The van der Waals surface area contributed by atoms with Gasteiger partial charge in [0.15, 0.2) is 0 Å². The topological polar surface area (TPSA) is 70.6 Å². The zero-order valence-electron chi connectivity index (χ0n) is 11.5. The second kappa shape index (κ2) is 8.10. The molecule has 0 saturated heterocycles. The van der Waals surface area contributed by atoms with E-state index >= 15 is 0 Å². The van der Waals surface area contributed by atoms with E-state index in [4.69, 9.17) is 23.2 Å². The molecule has 0 bridgehead atoms. The van der Waals surface area contributed by atoms with Gasteiger partial charge >= 0.3 is 11.8 Å². The molecule has 0 atom stereocenters. The van der Waals surface area contributed by atoms with Crippen LogP contribution in [0.1, 0.15) is 5.56 Å². The van der Waals surface area contributed by atoms with Crippen LogP contribution < -0.4 is 10.7 Å². The number of hydrazone groups is 1. The average Bonchev–Trinajstić information content (AvgIpc) is 2.51. The summed E-state index contributed by atoms with van der Waals surface area (Å²) in [6.07, 6.45) is 1.42. The summed E-state index contributed by atoms with van der Waals surface area (Å²) in [7, 11) is 0. The standard InChI is InChI=1S/C15H10BrCl2N3O2/c16-10-3-1-2-9(6-10)8-19-21-15(23)14(22)20-13-7-11(17)4-5-12(13)18/h1-8H,(H,20,22)(H,21,23)/b19-8+. The summed E-state index contributed by atoms with van der Waals surface area (Å²) < 4.78 is 0.876. The molecule has 0 aliphatic heterocycles. The van der Waals surface area contributed by atoms with Gasteiger partial charge < -0.3 is 5.32 Å². The Kier molecular flexibility index (Phi) is 6.15. The highest BCUT2D eigenvalue weighted by Gasteiger charge is 2.14. The normalized spacial score (nSPS) is 10.6. The Morgan fingerprint density at radius 3 is 2.61 bits per heavy atom.